The average Bonchev–Trinajstić information content (AvgIpc) is 2.72. The topological polar surface area (TPSA) is 88.4 Å². The van der Waals surface area contributed by atoms with Gasteiger partial charge in [-0.05, 0) is 49.4 Å². The van der Waals surface area contributed by atoms with Crippen LogP contribution in [-0.2, 0) is 20.7 Å². The lowest BCUT2D eigenvalue weighted by molar-refractivity contribution is -0.156. The molecule has 0 saturated carbocycles. The van der Waals surface area contributed by atoms with E-state index >= 15 is 0 Å². The molecule has 1 amide bonds. The number of fused-ring (bicyclic) bond motifs is 1. The predicted molar refractivity (Wildman–Crippen MR) is 102 cm³/mol. The lowest BCUT2D eigenvalue weighted by Gasteiger charge is -2.27. The van der Waals surface area contributed by atoms with Crippen LogP contribution in [0.1, 0.15) is 42.5 Å². The Bertz CT molecular complexity index is 903. The Hall–Kier alpha value is -3.33. The Balaban J connectivity index is 1.52. The van der Waals surface area contributed by atoms with Crippen LogP contribution < -0.4 is 10.1 Å². The maximum atomic E-state index is 12.5. The number of nitriles is 1. The third kappa shape index (κ3) is 4.68. The molecule has 0 heterocycles. The number of hydrogen-bond donors (Lipinski definition) is 1. The Kier molecular flexibility index (Phi) is 6.28. The number of esters is 1. The molecule has 2 aromatic rings. The molecule has 3 rings (SSSR count). The first-order valence-corrected chi connectivity index (χ1v) is 9.28. The number of aryl methyl sites for hydroxylation is 1. The van der Waals surface area contributed by atoms with Crippen molar-refractivity contribution < 1.29 is 19.1 Å². The second-order valence-corrected chi connectivity index (χ2v) is 6.68. The molecule has 0 spiro atoms. The lowest BCUT2D eigenvalue weighted by atomic mass is 9.87. The van der Waals surface area contributed by atoms with E-state index in [1.54, 1.807) is 24.3 Å². The van der Waals surface area contributed by atoms with Crippen molar-refractivity contribution in [2.75, 3.05) is 6.61 Å². The second-order valence-electron chi connectivity index (χ2n) is 6.68. The van der Waals surface area contributed by atoms with E-state index in [0.29, 0.717) is 11.3 Å². The quantitative estimate of drug-likeness (QED) is 0.781. The third-order valence-electron chi connectivity index (χ3n) is 4.72. The molecule has 0 fully saturated rings. The van der Waals surface area contributed by atoms with Gasteiger partial charge in [-0.2, -0.15) is 5.26 Å². The summed E-state index contributed by atoms with van der Waals surface area (Å²) in [6.07, 6.45) is 1.94. The van der Waals surface area contributed by atoms with E-state index in [2.05, 4.69) is 11.4 Å². The molecular weight excluding hydrogens is 356 g/mol. The molecule has 1 N–H and O–H groups in total. The van der Waals surface area contributed by atoms with Gasteiger partial charge in [0.25, 0.3) is 5.91 Å². The van der Waals surface area contributed by atoms with Crippen LogP contribution >= 0.6 is 0 Å². The van der Waals surface area contributed by atoms with Crippen LogP contribution in [0.15, 0.2) is 48.5 Å². The van der Waals surface area contributed by atoms with E-state index in [9.17, 15) is 9.59 Å². The number of amides is 1. The summed E-state index contributed by atoms with van der Waals surface area (Å²) in [6.45, 7) is 1.16. The summed E-state index contributed by atoms with van der Waals surface area (Å²) < 4.78 is 10.5. The zero-order valence-electron chi connectivity index (χ0n) is 15.7. The summed E-state index contributed by atoms with van der Waals surface area (Å²) >= 11 is 0. The van der Waals surface area contributed by atoms with Gasteiger partial charge in [0.1, 0.15) is 11.8 Å². The third-order valence-corrected chi connectivity index (χ3v) is 4.72. The summed E-state index contributed by atoms with van der Waals surface area (Å²) in [5, 5.41) is 12.0. The molecule has 2 atom stereocenters. The molecule has 0 radical (unpaired) electrons. The van der Waals surface area contributed by atoms with Crippen LogP contribution in [0, 0.1) is 11.3 Å². The fourth-order valence-corrected chi connectivity index (χ4v) is 3.30. The number of rotatable bonds is 6. The highest BCUT2D eigenvalue weighted by Crippen LogP contribution is 2.29. The van der Waals surface area contributed by atoms with Crippen LogP contribution in [0.5, 0.6) is 5.75 Å². The number of carbonyl (C=O) groups is 2. The molecule has 0 aromatic heterocycles. The minimum Gasteiger partial charge on any atom is -0.481 e. The fraction of sp³-hybridized carbons (Fsp3) is 0.318. The molecule has 6 nitrogen and oxygen atoms in total. The first kappa shape index (κ1) is 19.4. The highest BCUT2D eigenvalue weighted by molar-refractivity contribution is 5.84. The van der Waals surface area contributed by atoms with Gasteiger partial charge in [0.2, 0.25) is 0 Å². The second kappa shape index (κ2) is 9.05. The molecule has 0 bridgehead atoms. The van der Waals surface area contributed by atoms with Gasteiger partial charge in [0, 0.05) is 0 Å². The number of nitrogens with one attached hydrogen (secondary N) is 1. The molecule has 0 saturated heterocycles. The fourth-order valence-electron chi connectivity index (χ4n) is 3.30. The molecular formula is C22H22N2O4. The van der Waals surface area contributed by atoms with Crippen LogP contribution in [0.25, 0.3) is 0 Å². The number of carbonyl (C=O) groups excluding carboxylic acids is 2. The van der Waals surface area contributed by atoms with Gasteiger partial charge in [0.05, 0.1) is 11.6 Å². The van der Waals surface area contributed by atoms with Crippen molar-refractivity contribution in [1.82, 2.24) is 5.32 Å². The summed E-state index contributed by atoms with van der Waals surface area (Å²) in [6, 6.07) is 16.6. The van der Waals surface area contributed by atoms with Crippen molar-refractivity contribution in [1.29, 1.82) is 5.26 Å². The van der Waals surface area contributed by atoms with Gasteiger partial charge < -0.3 is 14.8 Å². The zero-order valence-corrected chi connectivity index (χ0v) is 15.7. The monoisotopic (exact) mass is 378 g/mol. The highest BCUT2D eigenvalue weighted by atomic mass is 16.6. The molecule has 1 aliphatic rings. The number of hydrogen-bond acceptors (Lipinski definition) is 5. The standard InChI is InChI=1S/C22H22N2O4/c1-15(28-21(25)14-27-20-12-5-3-8-17(20)13-23)22(26)24-19-11-6-9-16-7-2-4-10-18(16)19/h2-5,7-8,10,12,15,19H,6,9,11,14H2,1H3,(H,24,26)/t15-,19+/m1/s1. The first-order chi connectivity index (χ1) is 13.6. The van der Waals surface area contributed by atoms with Crippen molar-refractivity contribution >= 4 is 11.9 Å². The predicted octanol–water partition coefficient (Wildman–Crippen LogP) is 3.06. The molecule has 0 unspecified atom stereocenters. The van der Waals surface area contributed by atoms with E-state index in [1.807, 2.05) is 24.3 Å². The van der Waals surface area contributed by atoms with Crippen LogP contribution in [0.3, 0.4) is 0 Å². The van der Waals surface area contributed by atoms with Crippen LogP contribution in [0.4, 0.5) is 0 Å². The number of ether oxygens (including phenoxy) is 2. The van der Waals surface area contributed by atoms with Gasteiger partial charge in [-0.3, -0.25) is 4.79 Å². The summed E-state index contributed by atoms with van der Waals surface area (Å²) in [5.41, 5.74) is 2.70. The highest BCUT2D eigenvalue weighted by Gasteiger charge is 2.25. The summed E-state index contributed by atoms with van der Waals surface area (Å²) in [4.78, 5) is 24.5. The lowest BCUT2D eigenvalue weighted by Crippen LogP contribution is -2.39. The minimum atomic E-state index is -0.934. The number of para-hydroxylation sites is 1. The average molecular weight is 378 g/mol. The van der Waals surface area contributed by atoms with E-state index < -0.39 is 12.1 Å². The minimum absolute atomic E-state index is 0.0719. The summed E-state index contributed by atoms with van der Waals surface area (Å²) in [7, 11) is 0. The van der Waals surface area contributed by atoms with E-state index in [0.717, 1.165) is 24.8 Å². The van der Waals surface area contributed by atoms with Gasteiger partial charge in [-0.25, -0.2) is 4.79 Å². The SMILES string of the molecule is C[C@@H](OC(=O)COc1ccccc1C#N)C(=O)N[C@H]1CCCc2ccccc21. The molecule has 144 valence electrons. The molecule has 1 aliphatic carbocycles. The smallest absolute Gasteiger partial charge is 0.344 e. The molecule has 6 heteroatoms. The summed E-state index contributed by atoms with van der Waals surface area (Å²) in [5.74, 6) is -0.704. The Morgan fingerprint density at radius 3 is 2.79 bits per heavy atom. The largest absolute Gasteiger partial charge is 0.481 e. The Morgan fingerprint density at radius 2 is 1.96 bits per heavy atom. The van der Waals surface area contributed by atoms with Gasteiger partial charge in [-0.15, -0.1) is 0 Å². The van der Waals surface area contributed by atoms with Gasteiger partial charge in [0.15, 0.2) is 12.7 Å². The van der Waals surface area contributed by atoms with E-state index in [-0.39, 0.29) is 18.6 Å². The van der Waals surface area contributed by atoms with Crippen molar-refractivity contribution in [3.8, 4) is 11.8 Å². The zero-order chi connectivity index (χ0) is 19.9. The van der Waals surface area contributed by atoms with Gasteiger partial charge in [-0.1, -0.05) is 36.4 Å². The number of benzene rings is 2. The number of nitrogens with zero attached hydrogens (tertiary/aromatic N) is 1. The molecule has 2 aromatic carbocycles. The first-order valence-electron chi connectivity index (χ1n) is 9.28. The van der Waals surface area contributed by atoms with Crippen molar-refractivity contribution in [2.24, 2.45) is 0 Å². The van der Waals surface area contributed by atoms with E-state index in [1.165, 1.54) is 12.5 Å². The Morgan fingerprint density at radius 1 is 1.21 bits per heavy atom. The molecule has 0 aliphatic heterocycles. The van der Waals surface area contributed by atoms with Crippen molar-refractivity contribution in [2.45, 2.75) is 38.3 Å². The van der Waals surface area contributed by atoms with Crippen LogP contribution in [0.2, 0.25) is 0 Å². The van der Waals surface area contributed by atoms with Crippen LogP contribution in [-0.4, -0.2) is 24.6 Å². The molecule has 28 heavy (non-hydrogen) atoms. The van der Waals surface area contributed by atoms with Crippen molar-refractivity contribution in [3.05, 3.63) is 65.2 Å². The van der Waals surface area contributed by atoms with Crippen molar-refractivity contribution in [3.63, 3.8) is 0 Å². The maximum Gasteiger partial charge on any atom is 0.344 e. The van der Waals surface area contributed by atoms with E-state index in [4.69, 9.17) is 14.7 Å². The maximum absolute atomic E-state index is 12.5. The normalized spacial score (nSPS) is 16.2. The van der Waals surface area contributed by atoms with Gasteiger partial charge >= 0.3 is 5.97 Å². The Labute approximate surface area is 164 Å².